The van der Waals surface area contributed by atoms with Gasteiger partial charge in [-0.25, -0.2) is 0 Å². The molecule has 21 heavy (non-hydrogen) atoms. The summed E-state index contributed by atoms with van der Waals surface area (Å²) in [6, 6.07) is 4.12. The number of phenols is 1. The molecule has 1 aromatic rings. The maximum absolute atomic E-state index is 12.1. The Morgan fingerprint density at radius 3 is 2.86 bits per heavy atom. The molecule has 0 radical (unpaired) electrons. The van der Waals surface area contributed by atoms with Crippen molar-refractivity contribution in [3.63, 3.8) is 0 Å². The van der Waals surface area contributed by atoms with Gasteiger partial charge < -0.3 is 5.11 Å². The summed E-state index contributed by atoms with van der Waals surface area (Å²) < 4.78 is 0.385. The zero-order chi connectivity index (χ0) is 15.6. The molecule has 2 rings (SSSR count). The van der Waals surface area contributed by atoms with Crippen molar-refractivity contribution < 1.29 is 14.8 Å². The van der Waals surface area contributed by atoms with Crippen LogP contribution in [0, 0.1) is 10.1 Å². The van der Waals surface area contributed by atoms with Crippen LogP contribution in [0.4, 0.5) is 5.69 Å². The molecule has 0 aliphatic carbocycles. The fraction of sp³-hybridized carbons (Fsp3) is 0.0769. The van der Waals surface area contributed by atoms with Crippen LogP contribution in [0.25, 0.3) is 6.08 Å². The largest absolute Gasteiger partial charge is 0.502 e. The number of thiocarbonyl (C=S) groups is 1. The average Bonchev–Trinajstić information content (AvgIpc) is 2.69. The average molecular weight is 322 g/mol. The number of nitro groups is 1. The van der Waals surface area contributed by atoms with Gasteiger partial charge in [0.05, 0.1) is 9.83 Å². The first-order valence-electron chi connectivity index (χ1n) is 5.78. The SMILES string of the molecule is C=CCN1C(=O)/C(=C/c2cccc([N+](=O)[O-])c2O)SC1=S. The van der Waals surface area contributed by atoms with E-state index >= 15 is 0 Å². The van der Waals surface area contributed by atoms with Crippen LogP contribution in [-0.2, 0) is 4.79 Å². The normalized spacial score (nSPS) is 16.6. The van der Waals surface area contributed by atoms with Crippen LogP contribution in [0.5, 0.6) is 5.75 Å². The summed E-state index contributed by atoms with van der Waals surface area (Å²) in [5, 5.41) is 20.6. The smallest absolute Gasteiger partial charge is 0.311 e. The van der Waals surface area contributed by atoms with E-state index in [0.29, 0.717) is 15.8 Å². The van der Waals surface area contributed by atoms with Gasteiger partial charge in [-0.2, -0.15) is 0 Å². The lowest BCUT2D eigenvalue weighted by Gasteiger charge is -2.10. The van der Waals surface area contributed by atoms with Crippen molar-refractivity contribution in [2.75, 3.05) is 6.54 Å². The Bertz CT molecular complexity index is 685. The maximum Gasteiger partial charge on any atom is 0.311 e. The minimum absolute atomic E-state index is 0.198. The van der Waals surface area contributed by atoms with Crippen molar-refractivity contribution in [2.45, 2.75) is 0 Å². The third kappa shape index (κ3) is 2.96. The molecule has 1 heterocycles. The molecule has 0 aromatic heterocycles. The van der Waals surface area contributed by atoms with Gasteiger partial charge in [0.15, 0.2) is 0 Å². The molecule has 1 amide bonds. The number of hydrogen-bond donors (Lipinski definition) is 1. The van der Waals surface area contributed by atoms with Crippen molar-refractivity contribution in [2.24, 2.45) is 0 Å². The van der Waals surface area contributed by atoms with Crippen LogP contribution in [0.15, 0.2) is 35.8 Å². The number of benzene rings is 1. The molecule has 0 bridgehead atoms. The van der Waals surface area contributed by atoms with Gasteiger partial charge in [-0.05, 0) is 6.08 Å². The van der Waals surface area contributed by atoms with E-state index < -0.39 is 16.4 Å². The first-order chi connectivity index (χ1) is 9.95. The monoisotopic (exact) mass is 322 g/mol. The van der Waals surface area contributed by atoms with Gasteiger partial charge in [0.2, 0.25) is 5.75 Å². The highest BCUT2D eigenvalue weighted by Gasteiger charge is 2.31. The van der Waals surface area contributed by atoms with Gasteiger partial charge in [0, 0.05) is 18.2 Å². The number of carbonyl (C=O) groups excluding carboxylic acids is 1. The lowest BCUT2D eigenvalue weighted by atomic mass is 10.1. The van der Waals surface area contributed by atoms with E-state index in [0.717, 1.165) is 11.8 Å². The summed E-state index contributed by atoms with van der Waals surface area (Å²) >= 11 is 6.16. The van der Waals surface area contributed by atoms with Crippen LogP contribution in [0.1, 0.15) is 5.56 Å². The van der Waals surface area contributed by atoms with Crippen molar-refractivity contribution in [3.8, 4) is 5.75 Å². The number of amides is 1. The molecule has 6 nitrogen and oxygen atoms in total. The second-order valence-electron chi connectivity index (χ2n) is 4.05. The number of phenolic OH excluding ortho intramolecular Hbond substituents is 1. The summed E-state index contributed by atoms with van der Waals surface area (Å²) in [4.78, 5) is 23.9. The second-order valence-corrected chi connectivity index (χ2v) is 5.73. The highest BCUT2D eigenvalue weighted by atomic mass is 32.2. The van der Waals surface area contributed by atoms with Gasteiger partial charge >= 0.3 is 5.69 Å². The van der Waals surface area contributed by atoms with E-state index in [1.54, 1.807) is 6.08 Å². The van der Waals surface area contributed by atoms with Gasteiger partial charge in [-0.3, -0.25) is 19.8 Å². The topological polar surface area (TPSA) is 83.7 Å². The number of carbonyl (C=O) groups is 1. The Hall–Kier alpha value is -2.19. The van der Waals surface area contributed by atoms with E-state index in [1.807, 2.05) is 0 Å². The van der Waals surface area contributed by atoms with E-state index in [-0.39, 0.29) is 11.5 Å². The first kappa shape index (κ1) is 15.2. The Balaban J connectivity index is 2.39. The first-order valence-corrected chi connectivity index (χ1v) is 7.00. The summed E-state index contributed by atoms with van der Waals surface area (Å²) in [7, 11) is 0. The molecule has 1 N–H and O–H groups in total. The number of nitrogens with zero attached hydrogens (tertiary/aromatic N) is 2. The lowest BCUT2D eigenvalue weighted by molar-refractivity contribution is -0.385. The van der Waals surface area contributed by atoms with E-state index in [4.69, 9.17) is 12.2 Å². The van der Waals surface area contributed by atoms with Crippen LogP contribution in [0.2, 0.25) is 0 Å². The summed E-state index contributed by atoms with van der Waals surface area (Å²) in [6.07, 6.45) is 2.95. The van der Waals surface area contributed by atoms with Crippen LogP contribution < -0.4 is 0 Å². The Kier molecular flexibility index (Phi) is 4.39. The fourth-order valence-electron chi connectivity index (χ4n) is 1.74. The molecule has 1 aliphatic heterocycles. The molecule has 1 aromatic carbocycles. The molecule has 0 unspecified atom stereocenters. The van der Waals surface area contributed by atoms with Crippen molar-refractivity contribution in [1.29, 1.82) is 0 Å². The zero-order valence-electron chi connectivity index (χ0n) is 10.7. The molecule has 1 fully saturated rings. The van der Waals surface area contributed by atoms with Gasteiger partial charge in [-0.15, -0.1) is 6.58 Å². The predicted octanol–water partition coefficient (Wildman–Crippen LogP) is 2.69. The van der Waals surface area contributed by atoms with E-state index in [2.05, 4.69) is 6.58 Å². The lowest BCUT2D eigenvalue weighted by Crippen LogP contribution is -2.27. The van der Waals surface area contributed by atoms with Crippen molar-refractivity contribution >= 4 is 46.0 Å². The molecular weight excluding hydrogens is 312 g/mol. The fourth-order valence-corrected chi connectivity index (χ4v) is 3.01. The van der Waals surface area contributed by atoms with Crippen LogP contribution in [-0.4, -0.2) is 31.7 Å². The van der Waals surface area contributed by atoms with Gasteiger partial charge in [-0.1, -0.05) is 42.2 Å². The molecule has 0 spiro atoms. The van der Waals surface area contributed by atoms with E-state index in [1.165, 1.54) is 29.2 Å². The molecule has 0 atom stereocenters. The quantitative estimate of drug-likeness (QED) is 0.302. The number of aromatic hydroxyl groups is 1. The molecule has 1 aliphatic rings. The highest BCUT2D eigenvalue weighted by Crippen LogP contribution is 2.36. The molecule has 108 valence electrons. The molecule has 8 heteroatoms. The van der Waals surface area contributed by atoms with Crippen LogP contribution >= 0.6 is 24.0 Å². The third-order valence-corrected chi connectivity index (χ3v) is 4.09. The molecule has 1 saturated heterocycles. The van der Waals surface area contributed by atoms with Crippen molar-refractivity contribution in [3.05, 3.63) is 51.4 Å². The summed E-state index contributed by atoms with van der Waals surface area (Å²) in [6.45, 7) is 3.84. The molecule has 0 saturated carbocycles. The predicted molar refractivity (Wildman–Crippen MR) is 84.8 cm³/mol. The minimum atomic E-state index is -0.685. The second kappa shape index (κ2) is 6.06. The number of nitro benzene ring substituents is 1. The summed E-state index contributed by atoms with van der Waals surface area (Å²) in [5.74, 6) is -0.785. The zero-order valence-corrected chi connectivity index (χ0v) is 12.3. The number of hydrogen-bond acceptors (Lipinski definition) is 6. The number of rotatable bonds is 4. The van der Waals surface area contributed by atoms with Gasteiger partial charge in [0.1, 0.15) is 4.32 Å². The Labute approximate surface area is 129 Å². The summed E-state index contributed by atoms with van der Waals surface area (Å²) in [5.41, 5.74) is -0.214. The molecular formula is C13H10N2O4S2. The Morgan fingerprint density at radius 2 is 2.24 bits per heavy atom. The highest BCUT2D eigenvalue weighted by molar-refractivity contribution is 8.26. The van der Waals surface area contributed by atoms with E-state index in [9.17, 15) is 20.0 Å². The number of thioether (sulfide) groups is 1. The Morgan fingerprint density at radius 1 is 1.52 bits per heavy atom. The third-order valence-electron chi connectivity index (χ3n) is 2.71. The standard InChI is InChI=1S/C13H10N2O4S2/c1-2-6-14-12(17)10(21-13(14)20)7-8-4-3-5-9(11(8)16)15(18)19/h2-5,7,16H,1,6H2/b10-7-. The van der Waals surface area contributed by atoms with Gasteiger partial charge in [0.25, 0.3) is 5.91 Å². The van der Waals surface area contributed by atoms with Crippen molar-refractivity contribution in [1.82, 2.24) is 4.90 Å². The maximum atomic E-state index is 12.1. The van der Waals surface area contributed by atoms with Crippen LogP contribution in [0.3, 0.4) is 0 Å². The number of para-hydroxylation sites is 1. The minimum Gasteiger partial charge on any atom is -0.502 e.